The highest BCUT2D eigenvalue weighted by molar-refractivity contribution is 6.34. The first-order chi connectivity index (χ1) is 11.3. The average Bonchev–Trinajstić information content (AvgIpc) is 2.48. The summed E-state index contributed by atoms with van der Waals surface area (Å²) in [4.78, 5) is 33.3. The van der Waals surface area contributed by atoms with Gasteiger partial charge in [-0.05, 0) is 35.9 Å². The zero-order valence-corrected chi connectivity index (χ0v) is 13.8. The second kappa shape index (κ2) is 7.90. The van der Waals surface area contributed by atoms with Crippen LogP contribution < -0.4 is 5.32 Å². The first kappa shape index (κ1) is 17.9. The summed E-state index contributed by atoms with van der Waals surface area (Å²) < 4.78 is 0. The molecule has 0 saturated heterocycles. The van der Waals surface area contributed by atoms with Crippen LogP contribution in [0.4, 0.5) is 5.69 Å². The van der Waals surface area contributed by atoms with Crippen LogP contribution in [-0.2, 0) is 11.2 Å². The van der Waals surface area contributed by atoms with Crippen LogP contribution in [0.5, 0.6) is 0 Å². The van der Waals surface area contributed by atoms with Crippen LogP contribution in [0.2, 0.25) is 10.0 Å². The summed E-state index contributed by atoms with van der Waals surface area (Å²) in [7, 11) is 0. The highest BCUT2D eigenvalue weighted by Crippen LogP contribution is 2.22. The van der Waals surface area contributed by atoms with E-state index in [1.54, 1.807) is 24.3 Å². The smallest absolute Gasteiger partial charge is 0.265 e. The van der Waals surface area contributed by atoms with Crippen molar-refractivity contribution < 1.29 is 14.5 Å². The molecule has 6 nitrogen and oxygen atoms in total. The zero-order valence-electron chi connectivity index (χ0n) is 12.3. The molecule has 0 radical (unpaired) electrons. The summed E-state index contributed by atoms with van der Waals surface area (Å²) >= 11 is 11.7. The number of nitro groups is 1. The molecule has 2 aromatic rings. The Balaban J connectivity index is 2.03. The van der Waals surface area contributed by atoms with Gasteiger partial charge in [-0.25, -0.2) is 0 Å². The minimum Gasteiger partial charge on any atom is -0.326 e. The lowest BCUT2D eigenvalue weighted by atomic mass is 10.1. The third-order valence-corrected chi connectivity index (χ3v) is 3.67. The molecule has 8 heteroatoms. The average molecular weight is 367 g/mol. The van der Waals surface area contributed by atoms with E-state index < -0.39 is 17.3 Å². The summed E-state index contributed by atoms with van der Waals surface area (Å²) in [5, 5.41) is 13.7. The molecule has 0 aromatic heterocycles. The van der Waals surface area contributed by atoms with E-state index in [2.05, 4.69) is 5.32 Å². The van der Waals surface area contributed by atoms with Gasteiger partial charge in [0.15, 0.2) is 0 Å². The molecule has 2 rings (SSSR count). The van der Waals surface area contributed by atoms with E-state index in [1.165, 1.54) is 18.2 Å². The largest absolute Gasteiger partial charge is 0.326 e. The van der Waals surface area contributed by atoms with Gasteiger partial charge in [0.25, 0.3) is 6.54 Å². The second-order valence-electron chi connectivity index (χ2n) is 4.96. The third-order valence-electron chi connectivity index (χ3n) is 3.10. The number of Topliss-reactive ketones (excluding diaryl/α,β-unsaturated/α-hetero) is 1. The minimum atomic E-state index is -0.831. The van der Waals surface area contributed by atoms with Crippen molar-refractivity contribution in [2.24, 2.45) is 0 Å². The molecule has 0 aliphatic carbocycles. The Morgan fingerprint density at radius 3 is 2.33 bits per heavy atom. The number of nitrogens with zero attached hydrogens (tertiary/aromatic N) is 1. The predicted octanol–water partition coefficient (Wildman–Crippen LogP) is 3.63. The Bertz CT molecular complexity index is 791. The van der Waals surface area contributed by atoms with E-state index in [0.717, 1.165) is 5.56 Å². The molecule has 0 bridgehead atoms. The molecule has 0 fully saturated rings. The number of halogens is 2. The molecule has 0 unspecified atom stereocenters. The fourth-order valence-electron chi connectivity index (χ4n) is 2.01. The lowest BCUT2D eigenvalue weighted by Gasteiger charge is -2.08. The van der Waals surface area contributed by atoms with Crippen molar-refractivity contribution in [3.05, 3.63) is 73.8 Å². The van der Waals surface area contributed by atoms with Gasteiger partial charge in [0, 0.05) is 21.2 Å². The lowest BCUT2D eigenvalue weighted by Crippen LogP contribution is -2.16. The molecule has 0 spiro atoms. The highest BCUT2D eigenvalue weighted by Gasteiger charge is 2.16. The molecule has 0 aliphatic rings. The van der Waals surface area contributed by atoms with Gasteiger partial charge in [-0.3, -0.25) is 19.7 Å². The summed E-state index contributed by atoms with van der Waals surface area (Å²) in [6.07, 6.45) is 0.150. The van der Waals surface area contributed by atoms with E-state index in [0.29, 0.717) is 10.7 Å². The van der Waals surface area contributed by atoms with Gasteiger partial charge >= 0.3 is 0 Å². The van der Waals surface area contributed by atoms with Crippen molar-refractivity contribution in [2.75, 3.05) is 11.9 Å². The monoisotopic (exact) mass is 366 g/mol. The number of amides is 1. The fraction of sp³-hybridized carbons (Fsp3) is 0.125. The Hall–Kier alpha value is -2.44. The standard InChI is InChI=1S/C16H12Cl2N2O4/c17-11-3-1-10(2-4-11)7-16(22)19-12-5-6-13(14(18)8-12)15(21)9-20(23)24/h1-6,8H,7,9H2,(H,19,22). The lowest BCUT2D eigenvalue weighted by molar-refractivity contribution is -0.465. The van der Waals surface area contributed by atoms with Crippen LogP contribution in [0.15, 0.2) is 42.5 Å². The van der Waals surface area contributed by atoms with Gasteiger partial charge in [-0.2, -0.15) is 0 Å². The predicted molar refractivity (Wildman–Crippen MR) is 91.4 cm³/mol. The molecule has 0 atom stereocenters. The fourth-order valence-corrected chi connectivity index (χ4v) is 2.43. The number of anilines is 1. The highest BCUT2D eigenvalue weighted by atomic mass is 35.5. The van der Waals surface area contributed by atoms with Crippen molar-refractivity contribution in [3.8, 4) is 0 Å². The number of benzene rings is 2. The van der Waals surface area contributed by atoms with Gasteiger partial charge in [-0.1, -0.05) is 35.3 Å². The summed E-state index contributed by atoms with van der Waals surface area (Å²) in [5.74, 6) is -0.957. The number of nitrogens with one attached hydrogen (secondary N) is 1. The quantitative estimate of drug-likeness (QED) is 0.480. The number of carbonyl (C=O) groups excluding carboxylic acids is 2. The van der Waals surface area contributed by atoms with Crippen LogP contribution in [0.3, 0.4) is 0 Å². The molecule has 24 heavy (non-hydrogen) atoms. The van der Waals surface area contributed by atoms with Crippen LogP contribution >= 0.6 is 23.2 Å². The first-order valence-electron chi connectivity index (χ1n) is 6.84. The van der Waals surface area contributed by atoms with Crippen molar-refractivity contribution in [1.82, 2.24) is 0 Å². The van der Waals surface area contributed by atoms with Crippen LogP contribution in [0.1, 0.15) is 15.9 Å². The molecule has 0 saturated carbocycles. The molecule has 124 valence electrons. The molecule has 1 amide bonds. The van der Waals surface area contributed by atoms with Gasteiger partial charge in [0.05, 0.1) is 11.4 Å². The topological polar surface area (TPSA) is 89.3 Å². The number of hydrogen-bond donors (Lipinski definition) is 1. The normalized spacial score (nSPS) is 10.2. The van der Waals surface area contributed by atoms with E-state index in [-0.39, 0.29) is 22.9 Å². The van der Waals surface area contributed by atoms with E-state index in [9.17, 15) is 19.7 Å². The van der Waals surface area contributed by atoms with Gasteiger partial charge < -0.3 is 5.32 Å². The van der Waals surface area contributed by atoms with Crippen molar-refractivity contribution in [1.29, 1.82) is 0 Å². The van der Waals surface area contributed by atoms with E-state index in [1.807, 2.05) is 0 Å². The summed E-state index contributed by atoms with van der Waals surface area (Å²) in [6, 6.07) is 11.1. The number of hydrogen-bond acceptors (Lipinski definition) is 4. The van der Waals surface area contributed by atoms with Gasteiger partial charge in [0.2, 0.25) is 11.7 Å². The maximum atomic E-state index is 12.0. The minimum absolute atomic E-state index is 0.0454. The maximum Gasteiger partial charge on any atom is 0.265 e. The molecular weight excluding hydrogens is 355 g/mol. The Kier molecular flexibility index (Phi) is 5.89. The molecule has 2 aromatic carbocycles. The Morgan fingerprint density at radius 1 is 1.08 bits per heavy atom. The maximum absolute atomic E-state index is 12.0. The van der Waals surface area contributed by atoms with Gasteiger partial charge in [0.1, 0.15) is 0 Å². The van der Waals surface area contributed by atoms with E-state index >= 15 is 0 Å². The van der Waals surface area contributed by atoms with Crippen molar-refractivity contribution in [3.63, 3.8) is 0 Å². The Labute approximate surface area is 147 Å². The van der Waals surface area contributed by atoms with Crippen LogP contribution in [0.25, 0.3) is 0 Å². The SMILES string of the molecule is O=C(Cc1ccc(Cl)cc1)Nc1ccc(C(=O)C[N+](=O)[O-])c(Cl)c1. The first-order valence-corrected chi connectivity index (χ1v) is 7.59. The molecule has 1 N–H and O–H groups in total. The zero-order chi connectivity index (χ0) is 17.7. The van der Waals surface area contributed by atoms with Crippen LogP contribution in [0, 0.1) is 10.1 Å². The number of carbonyl (C=O) groups is 2. The molecular formula is C16H12Cl2N2O4. The van der Waals surface area contributed by atoms with Gasteiger partial charge in [-0.15, -0.1) is 0 Å². The van der Waals surface area contributed by atoms with Crippen LogP contribution in [-0.4, -0.2) is 23.2 Å². The van der Waals surface area contributed by atoms with E-state index in [4.69, 9.17) is 23.2 Å². The summed E-state index contributed by atoms with van der Waals surface area (Å²) in [5.41, 5.74) is 1.24. The summed E-state index contributed by atoms with van der Waals surface area (Å²) in [6.45, 7) is -0.831. The molecule has 0 aliphatic heterocycles. The van der Waals surface area contributed by atoms with Crippen molar-refractivity contribution >= 4 is 40.6 Å². The van der Waals surface area contributed by atoms with Crippen molar-refractivity contribution in [2.45, 2.75) is 6.42 Å². The number of rotatable bonds is 6. The second-order valence-corrected chi connectivity index (χ2v) is 5.80. The molecule has 0 heterocycles. The third kappa shape index (κ3) is 5.04. The number of ketones is 1. The Morgan fingerprint density at radius 2 is 1.75 bits per heavy atom.